The molecule has 2 aromatic rings. The van der Waals surface area contributed by atoms with Gasteiger partial charge in [-0.25, -0.2) is 9.97 Å². The van der Waals surface area contributed by atoms with Crippen molar-refractivity contribution in [3.8, 4) is 0 Å². The average molecular weight is 231 g/mol. The molecular weight excluding hydrogens is 214 g/mol. The van der Waals surface area contributed by atoms with Crippen molar-refractivity contribution in [3.05, 3.63) is 30.5 Å². The quantitative estimate of drug-likeness (QED) is 0.845. The van der Waals surface area contributed by atoms with Crippen LogP contribution in [-0.4, -0.2) is 27.7 Å². The fourth-order valence-electron chi connectivity index (χ4n) is 1.63. The van der Waals surface area contributed by atoms with Crippen LogP contribution in [0, 0.1) is 5.92 Å². The van der Waals surface area contributed by atoms with Crippen molar-refractivity contribution >= 4 is 16.9 Å². The third kappa shape index (κ3) is 2.71. The highest BCUT2D eigenvalue weighted by Crippen LogP contribution is 2.13. The van der Waals surface area contributed by atoms with Crippen LogP contribution in [0.15, 0.2) is 30.5 Å². The maximum atomic E-state index is 9.25. The van der Waals surface area contributed by atoms with Crippen LogP contribution in [0.25, 0.3) is 10.9 Å². The summed E-state index contributed by atoms with van der Waals surface area (Å²) in [4.78, 5) is 8.66. The number of aliphatic hydroxyl groups excluding tert-OH is 1. The molecule has 0 fully saturated rings. The van der Waals surface area contributed by atoms with Crippen LogP contribution < -0.4 is 5.32 Å². The Hall–Kier alpha value is -1.68. The van der Waals surface area contributed by atoms with E-state index in [0.717, 1.165) is 10.9 Å². The maximum Gasteiger partial charge on any atom is 0.223 e. The molecule has 4 heteroatoms. The number of nitrogens with zero attached hydrogens (tertiary/aromatic N) is 2. The molecule has 0 aliphatic rings. The van der Waals surface area contributed by atoms with E-state index in [0.29, 0.717) is 11.9 Å². The van der Waals surface area contributed by atoms with Crippen molar-refractivity contribution in [1.29, 1.82) is 0 Å². The molecule has 1 aromatic heterocycles. The van der Waals surface area contributed by atoms with Crippen LogP contribution in [0.5, 0.6) is 0 Å². The first-order chi connectivity index (χ1) is 8.20. The first-order valence-corrected chi connectivity index (χ1v) is 5.80. The second-order valence-corrected chi connectivity index (χ2v) is 4.43. The zero-order chi connectivity index (χ0) is 12.3. The van der Waals surface area contributed by atoms with E-state index in [4.69, 9.17) is 0 Å². The SMILES string of the molecule is CC(C)[C@@H](CO)Nc1ncc2ccccc2n1. The number of fused-ring (bicyclic) bond motifs is 1. The Morgan fingerprint density at radius 1 is 1.29 bits per heavy atom. The maximum absolute atomic E-state index is 9.25. The summed E-state index contributed by atoms with van der Waals surface area (Å²) >= 11 is 0. The molecule has 1 heterocycles. The Morgan fingerprint density at radius 2 is 2.06 bits per heavy atom. The van der Waals surface area contributed by atoms with Crippen LogP contribution in [0.2, 0.25) is 0 Å². The van der Waals surface area contributed by atoms with Crippen LogP contribution in [0.4, 0.5) is 5.95 Å². The molecule has 0 amide bonds. The molecule has 0 aliphatic heterocycles. The number of anilines is 1. The highest BCUT2D eigenvalue weighted by molar-refractivity contribution is 5.78. The van der Waals surface area contributed by atoms with Gasteiger partial charge in [-0.05, 0) is 12.0 Å². The fraction of sp³-hybridized carbons (Fsp3) is 0.385. The van der Waals surface area contributed by atoms with Gasteiger partial charge in [0.25, 0.3) is 0 Å². The average Bonchev–Trinajstić information content (AvgIpc) is 2.35. The highest BCUT2D eigenvalue weighted by Gasteiger charge is 2.12. The Kier molecular flexibility index (Phi) is 3.54. The molecule has 17 heavy (non-hydrogen) atoms. The summed E-state index contributed by atoms with van der Waals surface area (Å²) in [6.45, 7) is 4.18. The van der Waals surface area contributed by atoms with E-state index >= 15 is 0 Å². The van der Waals surface area contributed by atoms with Gasteiger partial charge >= 0.3 is 0 Å². The number of benzene rings is 1. The van der Waals surface area contributed by atoms with Gasteiger partial charge in [-0.2, -0.15) is 0 Å². The van der Waals surface area contributed by atoms with E-state index in [9.17, 15) is 5.11 Å². The largest absolute Gasteiger partial charge is 0.394 e. The van der Waals surface area contributed by atoms with Gasteiger partial charge in [0.2, 0.25) is 5.95 Å². The first-order valence-electron chi connectivity index (χ1n) is 5.80. The highest BCUT2D eigenvalue weighted by atomic mass is 16.3. The van der Waals surface area contributed by atoms with Crippen LogP contribution in [-0.2, 0) is 0 Å². The molecular formula is C13H17N3O. The predicted molar refractivity (Wildman–Crippen MR) is 68.9 cm³/mol. The zero-order valence-electron chi connectivity index (χ0n) is 10.1. The molecule has 0 saturated heterocycles. The van der Waals surface area contributed by atoms with Gasteiger partial charge in [-0.3, -0.25) is 0 Å². The van der Waals surface area contributed by atoms with Crippen molar-refractivity contribution in [1.82, 2.24) is 9.97 Å². The zero-order valence-corrected chi connectivity index (χ0v) is 10.1. The standard InChI is InChI=1S/C13H17N3O/c1-9(2)12(8-17)16-13-14-7-10-5-3-4-6-11(10)15-13/h3-7,9,12,17H,8H2,1-2H3,(H,14,15,16)/t12-/m1/s1. The molecule has 0 saturated carbocycles. The first kappa shape index (κ1) is 11.8. The summed E-state index contributed by atoms with van der Waals surface area (Å²) in [5.41, 5.74) is 0.908. The summed E-state index contributed by atoms with van der Waals surface area (Å²) in [5, 5.41) is 13.4. The Bertz CT molecular complexity index is 499. The van der Waals surface area contributed by atoms with E-state index in [1.807, 2.05) is 24.3 Å². The molecule has 4 nitrogen and oxygen atoms in total. The number of aliphatic hydroxyl groups is 1. The van der Waals surface area contributed by atoms with Crippen molar-refractivity contribution < 1.29 is 5.11 Å². The summed E-state index contributed by atoms with van der Waals surface area (Å²) < 4.78 is 0. The van der Waals surface area contributed by atoms with E-state index in [2.05, 4.69) is 29.1 Å². The molecule has 1 aromatic carbocycles. The Morgan fingerprint density at radius 3 is 2.76 bits per heavy atom. The lowest BCUT2D eigenvalue weighted by molar-refractivity contribution is 0.248. The number of para-hydroxylation sites is 1. The van der Waals surface area contributed by atoms with Gasteiger partial charge in [0.15, 0.2) is 0 Å². The molecule has 0 radical (unpaired) electrons. The Labute approximate surface area is 101 Å². The van der Waals surface area contributed by atoms with Crippen molar-refractivity contribution in [2.75, 3.05) is 11.9 Å². The fourth-order valence-corrected chi connectivity index (χ4v) is 1.63. The van der Waals surface area contributed by atoms with Crippen molar-refractivity contribution in [3.63, 3.8) is 0 Å². The van der Waals surface area contributed by atoms with Gasteiger partial charge < -0.3 is 10.4 Å². The second kappa shape index (κ2) is 5.10. The smallest absolute Gasteiger partial charge is 0.223 e. The van der Waals surface area contributed by atoms with Gasteiger partial charge in [-0.1, -0.05) is 32.0 Å². The van der Waals surface area contributed by atoms with Gasteiger partial charge in [0, 0.05) is 11.6 Å². The third-order valence-electron chi connectivity index (χ3n) is 2.80. The number of hydrogen-bond acceptors (Lipinski definition) is 4. The second-order valence-electron chi connectivity index (χ2n) is 4.43. The van der Waals surface area contributed by atoms with Crippen LogP contribution in [0.1, 0.15) is 13.8 Å². The number of rotatable bonds is 4. The lowest BCUT2D eigenvalue weighted by Crippen LogP contribution is -2.30. The molecule has 0 bridgehead atoms. The molecule has 0 unspecified atom stereocenters. The van der Waals surface area contributed by atoms with E-state index < -0.39 is 0 Å². The monoisotopic (exact) mass is 231 g/mol. The summed E-state index contributed by atoms with van der Waals surface area (Å²) in [7, 11) is 0. The van der Waals surface area contributed by atoms with E-state index in [-0.39, 0.29) is 12.6 Å². The normalized spacial score (nSPS) is 12.9. The molecule has 0 aliphatic carbocycles. The lowest BCUT2D eigenvalue weighted by atomic mass is 10.1. The summed E-state index contributed by atoms with van der Waals surface area (Å²) in [6.07, 6.45) is 1.79. The molecule has 90 valence electrons. The number of hydrogen-bond donors (Lipinski definition) is 2. The molecule has 0 spiro atoms. The summed E-state index contributed by atoms with van der Waals surface area (Å²) in [6, 6.07) is 7.82. The minimum atomic E-state index is -0.0174. The molecule has 1 atom stereocenters. The van der Waals surface area contributed by atoms with Gasteiger partial charge in [0.1, 0.15) is 0 Å². The minimum Gasteiger partial charge on any atom is -0.394 e. The molecule has 2 rings (SSSR count). The summed E-state index contributed by atoms with van der Waals surface area (Å²) in [5.74, 6) is 0.895. The van der Waals surface area contributed by atoms with Gasteiger partial charge in [0.05, 0.1) is 18.2 Å². The lowest BCUT2D eigenvalue weighted by Gasteiger charge is -2.19. The van der Waals surface area contributed by atoms with Crippen molar-refractivity contribution in [2.24, 2.45) is 5.92 Å². The number of nitrogens with one attached hydrogen (secondary N) is 1. The van der Waals surface area contributed by atoms with Gasteiger partial charge in [-0.15, -0.1) is 0 Å². The van der Waals surface area contributed by atoms with Crippen LogP contribution >= 0.6 is 0 Å². The van der Waals surface area contributed by atoms with Crippen molar-refractivity contribution in [2.45, 2.75) is 19.9 Å². The predicted octanol–water partition coefficient (Wildman–Crippen LogP) is 2.06. The third-order valence-corrected chi connectivity index (χ3v) is 2.80. The van der Waals surface area contributed by atoms with E-state index in [1.54, 1.807) is 6.20 Å². The Balaban J connectivity index is 2.24. The van der Waals surface area contributed by atoms with E-state index in [1.165, 1.54) is 0 Å². The number of aromatic nitrogens is 2. The minimum absolute atomic E-state index is 0.0174. The molecule has 2 N–H and O–H groups in total. The van der Waals surface area contributed by atoms with Crippen LogP contribution in [0.3, 0.4) is 0 Å². The topological polar surface area (TPSA) is 58.0 Å².